The number of hydrogen-bond acceptors (Lipinski definition) is 4. The van der Waals surface area contributed by atoms with Crippen LogP contribution < -0.4 is 15.5 Å². The van der Waals surface area contributed by atoms with Crippen LogP contribution in [-0.2, 0) is 0 Å². The Balaban J connectivity index is 1.70. The lowest BCUT2D eigenvalue weighted by molar-refractivity contribution is 0.102. The van der Waals surface area contributed by atoms with Crippen molar-refractivity contribution in [3.63, 3.8) is 0 Å². The fourth-order valence-corrected chi connectivity index (χ4v) is 2.45. The van der Waals surface area contributed by atoms with Crippen molar-refractivity contribution in [3.05, 3.63) is 78.5 Å². The zero-order chi connectivity index (χ0) is 17.6. The Kier molecular flexibility index (Phi) is 4.95. The lowest BCUT2D eigenvalue weighted by atomic mass is 10.2. The Hall–Kier alpha value is -3.34. The van der Waals surface area contributed by atoms with Gasteiger partial charge in [-0.3, -0.25) is 4.79 Å². The molecule has 5 heteroatoms. The molecule has 0 saturated carbocycles. The number of carbonyl (C=O) groups excluding carboxylic acids is 1. The largest absolute Gasteiger partial charge is 0.362 e. The number of nitrogens with zero attached hydrogens (tertiary/aromatic N) is 2. The first-order chi connectivity index (χ1) is 12.1. The quantitative estimate of drug-likeness (QED) is 0.737. The van der Waals surface area contributed by atoms with E-state index in [1.165, 1.54) is 0 Å². The van der Waals surface area contributed by atoms with Crippen LogP contribution in [-0.4, -0.2) is 25.0 Å². The van der Waals surface area contributed by atoms with Crippen molar-refractivity contribution in [2.24, 2.45) is 0 Å². The predicted octanol–water partition coefficient (Wildman–Crippen LogP) is 4.14. The van der Waals surface area contributed by atoms with Gasteiger partial charge in [-0.25, -0.2) is 4.98 Å². The van der Waals surface area contributed by atoms with Crippen LogP contribution in [0.4, 0.5) is 22.9 Å². The summed E-state index contributed by atoms with van der Waals surface area (Å²) in [6.07, 6.45) is 1.68. The third-order valence-electron chi connectivity index (χ3n) is 3.66. The molecule has 3 rings (SSSR count). The van der Waals surface area contributed by atoms with Gasteiger partial charge in [0.15, 0.2) is 0 Å². The Bertz CT molecular complexity index is 845. The number of pyridine rings is 1. The van der Waals surface area contributed by atoms with Gasteiger partial charge in [0, 0.05) is 37.4 Å². The Labute approximate surface area is 147 Å². The van der Waals surface area contributed by atoms with Gasteiger partial charge in [0.05, 0.1) is 5.56 Å². The minimum atomic E-state index is -0.180. The van der Waals surface area contributed by atoms with Crippen LogP contribution in [0.5, 0.6) is 0 Å². The molecule has 0 aliphatic carbocycles. The summed E-state index contributed by atoms with van der Waals surface area (Å²) in [6.45, 7) is 0. The van der Waals surface area contributed by atoms with Crippen LogP contribution in [0.2, 0.25) is 0 Å². The molecule has 25 heavy (non-hydrogen) atoms. The minimum absolute atomic E-state index is 0.180. The van der Waals surface area contributed by atoms with E-state index in [4.69, 9.17) is 0 Å². The van der Waals surface area contributed by atoms with Gasteiger partial charge >= 0.3 is 0 Å². The second-order valence-corrected chi connectivity index (χ2v) is 5.79. The van der Waals surface area contributed by atoms with E-state index in [2.05, 4.69) is 15.6 Å². The van der Waals surface area contributed by atoms with E-state index in [1.54, 1.807) is 18.3 Å². The number of para-hydroxylation sites is 1. The van der Waals surface area contributed by atoms with Crippen molar-refractivity contribution >= 4 is 28.8 Å². The van der Waals surface area contributed by atoms with Crippen LogP contribution in [0, 0.1) is 0 Å². The zero-order valence-electron chi connectivity index (χ0n) is 14.2. The standard InChI is InChI=1S/C20H20N4O/c1-24(2)19-18(9-6-14-21-19)20(25)23-17-12-10-16(11-13-17)22-15-7-4-3-5-8-15/h3-14,22H,1-2H3,(H,23,25). The molecule has 2 N–H and O–H groups in total. The number of amides is 1. The molecule has 0 radical (unpaired) electrons. The van der Waals surface area contributed by atoms with Gasteiger partial charge in [-0.05, 0) is 48.5 Å². The first kappa shape index (κ1) is 16.5. The number of aromatic nitrogens is 1. The number of benzene rings is 2. The van der Waals surface area contributed by atoms with E-state index in [0.717, 1.165) is 17.1 Å². The molecule has 0 unspecified atom stereocenters. The van der Waals surface area contributed by atoms with Gasteiger partial charge in [-0.2, -0.15) is 0 Å². The number of nitrogens with one attached hydrogen (secondary N) is 2. The summed E-state index contributed by atoms with van der Waals surface area (Å²) in [5, 5.41) is 6.22. The molecule has 5 nitrogen and oxygen atoms in total. The molecule has 126 valence electrons. The SMILES string of the molecule is CN(C)c1ncccc1C(=O)Nc1ccc(Nc2ccccc2)cc1. The topological polar surface area (TPSA) is 57.3 Å². The molecule has 2 aromatic carbocycles. The molecular weight excluding hydrogens is 312 g/mol. The summed E-state index contributed by atoms with van der Waals surface area (Å²) in [5.41, 5.74) is 3.25. The molecular formula is C20H20N4O. The van der Waals surface area contributed by atoms with Gasteiger partial charge in [-0.15, -0.1) is 0 Å². The van der Waals surface area contributed by atoms with Gasteiger partial charge < -0.3 is 15.5 Å². The molecule has 0 spiro atoms. The summed E-state index contributed by atoms with van der Waals surface area (Å²) in [6, 6.07) is 21.1. The molecule has 0 fully saturated rings. The van der Waals surface area contributed by atoms with Gasteiger partial charge in [0.1, 0.15) is 5.82 Å². The van der Waals surface area contributed by atoms with Crippen molar-refractivity contribution in [2.75, 3.05) is 29.6 Å². The van der Waals surface area contributed by atoms with Gasteiger partial charge in [0.2, 0.25) is 0 Å². The average Bonchev–Trinajstić information content (AvgIpc) is 2.64. The van der Waals surface area contributed by atoms with Crippen LogP contribution in [0.1, 0.15) is 10.4 Å². The fraction of sp³-hybridized carbons (Fsp3) is 0.100. The van der Waals surface area contributed by atoms with E-state index in [1.807, 2.05) is 73.6 Å². The van der Waals surface area contributed by atoms with E-state index in [-0.39, 0.29) is 5.91 Å². The van der Waals surface area contributed by atoms with Crippen molar-refractivity contribution < 1.29 is 4.79 Å². The molecule has 1 amide bonds. The van der Waals surface area contributed by atoms with Crippen LogP contribution in [0.25, 0.3) is 0 Å². The molecule has 0 atom stereocenters. The second-order valence-electron chi connectivity index (χ2n) is 5.79. The van der Waals surface area contributed by atoms with Crippen LogP contribution >= 0.6 is 0 Å². The Morgan fingerprint density at radius 2 is 1.48 bits per heavy atom. The van der Waals surface area contributed by atoms with Crippen molar-refractivity contribution in [3.8, 4) is 0 Å². The van der Waals surface area contributed by atoms with E-state index >= 15 is 0 Å². The Morgan fingerprint density at radius 1 is 0.840 bits per heavy atom. The maximum atomic E-state index is 12.5. The van der Waals surface area contributed by atoms with Crippen molar-refractivity contribution in [2.45, 2.75) is 0 Å². The van der Waals surface area contributed by atoms with E-state index < -0.39 is 0 Å². The number of rotatable bonds is 5. The fourth-order valence-electron chi connectivity index (χ4n) is 2.45. The number of carbonyl (C=O) groups is 1. The smallest absolute Gasteiger partial charge is 0.259 e. The highest BCUT2D eigenvalue weighted by Gasteiger charge is 2.13. The van der Waals surface area contributed by atoms with Crippen molar-refractivity contribution in [1.82, 2.24) is 4.98 Å². The highest BCUT2D eigenvalue weighted by molar-refractivity contribution is 6.07. The zero-order valence-corrected chi connectivity index (χ0v) is 14.2. The third kappa shape index (κ3) is 4.14. The third-order valence-corrected chi connectivity index (χ3v) is 3.66. The second kappa shape index (κ2) is 7.49. The van der Waals surface area contributed by atoms with Crippen LogP contribution in [0.15, 0.2) is 72.9 Å². The molecule has 0 bridgehead atoms. The predicted molar refractivity (Wildman–Crippen MR) is 103 cm³/mol. The highest BCUT2D eigenvalue weighted by Crippen LogP contribution is 2.20. The maximum absolute atomic E-state index is 12.5. The minimum Gasteiger partial charge on any atom is -0.362 e. The summed E-state index contributed by atoms with van der Waals surface area (Å²) in [4.78, 5) is 18.6. The highest BCUT2D eigenvalue weighted by atomic mass is 16.1. The maximum Gasteiger partial charge on any atom is 0.259 e. The summed E-state index contributed by atoms with van der Waals surface area (Å²) < 4.78 is 0. The average molecular weight is 332 g/mol. The van der Waals surface area contributed by atoms with Crippen molar-refractivity contribution in [1.29, 1.82) is 0 Å². The summed E-state index contributed by atoms with van der Waals surface area (Å²) in [5.74, 6) is 0.461. The Morgan fingerprint density at radius 3 is 2.16 bits per heavy atom. The molecule has 0 aliphatic rings. The van der Waals surface area contributed by atoms with Gasteiger partial charge in [-0.1, -0.05) is 18.2 Å². The van der Waals surface area contributed by atoms with E-state index in [9.17, 15) is 4.79 Å². The molecule has 0 aliphatic heterocycles. The monoisotopic (exact) mass is 332 g/mol. The number of hydrogen-bond donors (Lipinski definition) is 2. The molecule has 3 aromatic rings. The van der Waals surface area contributed by atoms with E-state index in [0.29, 0.717) is 11.4 Å². The summed E-state index contributed by atoms with van der Waals surface area (Å²) >= 11 is 0. The number of anilines is 4. The molecule has 1 heterocycles. The van der Waals surface area contributed by atoms with Gasteiger partial charge in [0.25, 0.3) is 5.91 Å². The molecule has 1 aromatic heterocycles. The van der Waals surface area contributed by atoms with Crippen LogP contribution in [0.3, 0.4) is 0 Å². The lowest BCUT2D eigenvalue weighted by Crippen LogP contribution is -2.19. The normalized spacial score (nSPS) is 10.2. The molecule has 0 saturated heterocycles. The first-order valence-corrected chi connectivity index (χ1v) is 7.99. The first-order valence-electron chi connectivity index (χ1n) is 7.99. The lowest BCUT2D eigenvalue weighted by Gasteiger charge is -2.15. The summed E-state index contributed by atoms with van der Waals surface area (Å²) in [7, 11) is 3.73.